The molecule has 3 aromatic carbocycles. The van der Waals surface area contributed by atoms with Crippen molar-refractivity contribution in [2.45, 2.75) is 18.9 Å². The molecule has 8 heteroatoms. The molecule has 0 fully saturated rings. The zero-order chi connectivity index (χ0) is 27.5. The van der Waals surface area contributed by atoms with Crippen LogP contribution in [0.1, 0.15) is 45.2 Å². The van der Waals surface area contributed by atoms with Crippen molar-refractivity contribution in [3.63, 3.8) is 0 Å². The number of hydrogen-bond acceptors (Lipinski definition) is 7. The maximum absolute atomic E-state index is 13.5. The summed E-state index contributed by atoms with van der Waals surface area (Å²) in [7, 11) is 1.47. The Morgan fingerprint density at radius 3 is 2.16 bits per heavy atom. The first-order valence-electron chi connectivity index (χ1n) is 12.0. The van der Waals surface area contributed by atoms with Gasteiger partial charge >= 0.3 is 11.9 Å². The van der Waals surface area contributed by atoms with Gasteiger partial charge in [0, 0.05) is 24.7 Å². The summed E-state index contributed by atoms with van der Waals surface area (Å²) < 4.78 is 16.6. The molecule has 0 saturated heterocycles. The van der Waals surface area contributed by atoms with Crippen molar-refractivity contribution in [1.82, 2.24) is 0 Å². The number of esters is 1. The van der Waals surface area contributed by atoms with Crippen LogP contribution in [0.5, 0.6) is 5.75 Å². The maximum atomic E-state index is 13.5. The number of rotatable bonds is 14. The Morgan fingerprint density at radius 2 is 1.50 bits per heavy atom. The van der Waals surface area contributed by atoms with E-state index < -0.39 is 18.0 Å². The lowest BCUT2D eigenvalue weighted by atomic mass is 9.95. The Hall–Kier alpha value is -4.27. The van der Waals surface area contributed by atoms with E-state index in [1.54, 1.807) is 66.7 Å². The average molecular weight is 519 g/mol. The number of methoxy groups -OCH3 is 1. The highest BCUT2D eigenvalue weighted by atomic mass is 16.5. The van der Waals surface area contributed by atoms with Crippen molar-refractivity contribution >= 4 is 17.7 Å². The molecule has 0 radical (unpaired) electrons. The number of hydrogen-bond donors (Lipinski definition) is 2. The maximum Gasteiger partial charge on any atom is 0.339 e. The van der Waals surface area contributed by atoms with E-state index in [1.165, 1.54) is 13.2 Å². The van der Waals surface area contributed by atoms with Crippen molar-refractivity contribution in [3.05, 3.63) is 102 Å². The number of aromatic carboxylic acids is 1. The molecule has 0 aliphatic rings. The fourth-order valence-corrected chi connectivity index (χ4v) is 4.00. The zero-order valence-electron chi connectivity index (χ0n) is 21.1. The van der Waals surface area contributed by atoms with Crippen molar-refractivity contribution in [2.24, 2.45) is 0 Å². The summed E-state index contributed by atoms with van der Waals surface area (Å²) in [5, 5.41) is 18.9. The van der Waals surface area contributed by atoms with Crippen LogP contribution in [-0.4, -0.2) is 54.9 Å². The molecule has 2 N–H and O–H groups in total. The summed E-state index contributed by atoms with van der Waals surface area (Å²) >= 11 is 0. The second-order valence-corrected chi connectivity index (χ2v) is 8.40. The van der Waals surface area contributed by atoms with Crippen LogP contribution in [-0.2, 0) is 14.3 Å². The van der Waals surface area contributed by atoms with Crippen LogP contribution < -0.4 is 4.74 Å². The number of ether oxygens (including phenoxy) is 3. The van der Waals surface area contributed by atoms with Gasteiger partial charge in [-0.1, -0.05) is 61.2 Å². The lowest BCUT2D eigenvalue weighted by Crippen LogP contribution is -2.17. The summed E-state index contributed by atoms with van der Waals surface area (Å²) in [6.45, 7) is 3.67. The van der Waals surface area contributed by atoms with Gasteiger partial charge in [0.05, 0.1) is 24.3 Å². The lowest BCUT2D eigenvalue weighted by Gasteiger charge is -2.22. The molecule has 0 bridgehead atoms. The summed E-state index contributed by atoms with van der Waals surface area (Å²) in [5.74, 6) is -1.62. The molecule has 0 spiro atoms. The van der Waals surface area contributed by atoms with Crippen LogP contribution in [0.3, 0.4) is 0 Å². The standard InChI is InChI=1S/C30H30O8/c1-20(19-36-2)26(32)15-16-28(25-13-7-8-14-27(25)37-18-17-31)38-30(35)24-12-6-4-10-22(24)21-9-3-5-11-23(21)29(33)34/h3-14,28,31H,1,15-19H2,2H3,(H,33,34)/t28-/m0/s1. The van der Waals surface area contributed by atoms with Gasteiger partial charge in [0.2, 0.25) is 0 Å². The normalized spacial score (nSPS) is 11.4. The Morgan fingerprint density at radius 1 is 0.895 bits per heavy atom. The van der Waals surface area contributed by atoms with E-state index in [0.29, 0.717) is 28.0 Å². The van der Waals surface area contributed by atoms with Gasteiger partial charge in [-0.25, -0.2) is 9.59 Å². The number of carbonyl (C=O) groups is 3. The Labute approximate surface area is 221 Å². The molecule has 0 aromatic heterocycles. The van der Waals surface area contributed by atoms with E-state index in [-0.39, 0.29) is 49.6 Å². The van der Waals surface area contributed by atoms with Crippen LogP contribution in [0, 0.1) is 0 Å². The Kier molecular flexibility index (Phi) is 10.3. The molecular weight excluding hydrogens is 488 g/mol. The van der Waals surface area contributed by atoms with Gasteiger partial charge in [-0.2, -0.15) is 0 Å². The lowest BCUT2D eigenvalue weighted by molar-refractivity contribution is -0.116. The molecule has 3 aromatic rings. The third-order valence-corrected chi connectivity index (χ3v) is 5.81. The number of Topliss-reactive ketones (excluding diaryl/α,β-unsaturated/α-hetero) is 1. The molecular formula is C30H30O8. The number of benzene rings is 3. The minimum Gasteiger partial charge on any atom is -0.491 e. The largest absolute Gasteiger partial charge is 0.491 e. The molecule has 0 aliphatic carbocycles. The first-order chi connectivity index (χ1) is 18.4. The fourth-order valence-electron chi connectivity index (χ4n) is 4.00. The van der Waals surface area contributed by atoms with Crippen molar-refractivity contribution in [3.8, 4) is 16.9 Å². The minimum atomic E-state index is -1.12. The second kappa shape index (κ2) is 13.9. The van der Waals surface area contributed by atoms with Gasteiger partial charge in [0.25, 0.3) is 0 Å². The predicted molar refractivity (Wildman–Crippen MR) is 141 cm³/mol. The molecule has 1 atom stereocenters. The molecule has 0 amide bonds. The zero-order valence-corrected chi connectivity index (χ0v) is 21.1. The summed E-state index contributed by atoms with van der Waals surface area (Å²) in [5.41, 5.74) is 1.84. The molecule has 0 unspecified atom stereocenters. The van der Waals surface area contributed by atoms with Crippen molar-refractivity contribution in [2.75, 3.05) is 26.9 Å². The number of carboxylic acids is 1. The number of aliphatic hydroxyl groups excluding tert-OH is 1. The van der Waals surface area contributed by atoms with Gasteiger partial charge in [0.1, 0.15) is 18.5 Å². The third kappa shape index (κ3) is 7.15. The number of carbonyl (C=O) groups excluding carboxylic acids is 2. The number of para-hydroxylation sites is 1. The SMILES string of the molecule is C=C(COC)C(=O)CC[C@H](OC(=O)c1ccccc1-c1ccccc1C(=O)O)c1ccccc1OCCO. The van der Waals surface area contributed by atoms with Crippen LogP contribution in [0.25, 0.3) is 11.1 Å². The number of aliphatic hydroxyl groups is 1. The summed E-state index contributed by atoms with van der Waals surface area (Å²) in [6, 6.07) is 19.9. The molecule has 0 heterocycles. The smallest absolute Gasteiger partial charge is 0.339 e. The highest BCUT2D eigenvalue weighted by Crippen LogP contribution is 2.34. The summed E-state index contributed by atoms with van der Waals surface area (Å²) in [6.07, 6.45) is -0.696. The molecule has 38 heavy (non-hydrogen) atoms. The monoisotopic (exact) mass is 518 g/mol. The minimum absolute atomic E-state index is 0.0378. The Bertz CT molecular complexity index is 1300. The van der Waals surface area contributed by atoms with Crippen LogP contribution in [0.4, 0.5) is 0 Å². The highest BCUT2D eigenvalue weighted by Gasteiger charge is 2.25. The van der Waals surface area contributed by atoms with E-state index >= 15 is 0 Å². The predicted octanol–water partition coefficient (Wildman–Crippen LogP) is 4.87. The molecule has 0 aliphatic heterocycles. The van der Waals surface area contributed by atoms with Crippen molar-refractivity contribution < 1.29 is 38.8 Å². The van der Waals surface area contributed by atoms with E-state index in [0.717, 1.165) is 0 Å². The van der Waals surface area contributed by atoms with Gasteiger partial charge < -0.3 is 24.4 Å². The van der Waals surface area contributed by atoms with E-state index in [9.17, 15) is 24.6 Å². The highest BCUT2D eigenvalue weighted by molar-refractivity contribution is 6.02. The second-order valence-electron chi connectivity index (χ2n) is 8.40. The quantitative estimate of drug-likeness (QED) is 0.229. The van der Waals surface area contributed by atoms with E-state index in [2.05, 4.69) is 6.58 Å². The third-order valence-electron chi connectivity index (χ3n) is 5.81. The fraction of sp³-hybridized carbons (Fsp3) is 0.233. The first kappa shape index (κ1) is 28.3. The average Bonchev–Trinajstić information content (AvgIpc) is 2.94. The van der Waals surface area contributed by atoms with E-state index in [1.807, 2.05) is 0 Å². The summed E-state index contributed by atoms with van der Waals surface area (Å²) in [4.78, 5) is 37.9. The van der Waals surface area contributed by atoms with E-state index in [4.69, 9.17) is 14.2 Å². The van der Waals surface area contributed by atoms with Gasteiger partial charge in [0.15, 0.2) is 5.78 Å². The van der Waals surface area contributed by atoms with Crippen molar-refractivity contribution in [1.29, 1.82) is 0 Å². The van der Waals surface area contributed by atoms with Gasteiger partial charge in [-0.3, -0.25) is 4.79 Å². The molecule has 3 rings (SSSR count). The molecule has 198 valence electrons. The number of carboxylic acid groups (broad SMARTS) is 1. The van der Waals surface area contributed by atoms with Crippen LogP contribution >= 0.6 is 0 Å². The van der Waals surface area contributed by atoms with Crippen LogP contribution in [0.15, 0.2) is 84.9 Å². The first-order valence-corrected chi connectivity index (χ1v) is 12.0. The molecule has 8 nitrogen and oxygen atoms in total. The van der Waals surface area contributed by atoms with Gasteiger partial charge in [-0.15, -0.1) is 0 Å². The molecule has 0 saturated carbocycles. The topological polar surface area (TPSA) is 119 Å². The number of ketones is 1. The van der Waals surface area contributed by atoms with Crippen LogP contribution in [0.2, 0.25) is 0 Å². The van der Waals surface area contributed by atoms with Gasteiger partial charge in [-0.05, 0) is 35.7 Å². The Balaban J connectivity index is 1.97.